The second-order valence-corrected chi connectivity index (χ2v) is 12.0. The Labute approximate surface area is 256 Å². The van der Waals surface area contributed by atoms with Gasteiger partial charge in [-0.2, -0.15) is 5.10 Å². The molecule has 1 aromatic carbocycles. The number of fused-ring (bicyclic) bond motifs is 2. The molecule has 2 aliphatic rings. The molecule has 0 bridgehead atoms. The Balaban J connectivity index is 1.32. The van der Waals surface area contributed by atoms with E-state index in [1.54, 1.807) is 22.0 Å². The summed E-state index contributed by atoms with van der Waals surface area (Å²) in [4.78, 5) is 55.3. The van der Waals surface area contributed by atoms with Crippen LogP contribution in [0, 0.1) is 19.3 Å². The number of pyridine rings is 1. The van der Waals surface area contributed by atoms with Crippen LogP contribution in [0.4, 0.5) is 5.82 Å². The standard InChI is InChI=1S/C31H31BrN8O3/c1-5-33-30(43)27-21-12-19(20-14-34-18(3)35-15-20)7-8-22(21)39(38-27)16-26(41)40-23(13-31(4)11-10-24(31)40)29(42)37-28-17(2)6-9-25(32)36-28/h6-12,14-15,23-24H,5,13,16H2,1-4H3,(H,33,43)(H,36,37,42)/t23-,24+,31+/m0/s1. The van der Waals surface area contributed by atoms with Crippen molar-refractivity contribution in [2.75, 3.05) is 11.9 Å². The number of carbonyl (C=O) groups excluding carboxylic acids is 3. The lowest BCUT2D eigenvalue weighted by Gasteiger charge is -2.38. The fourth-order valence-electron chi connectivity index (χ4n) is 5.84. The van der Waals surface area contributed by atoms with Gasteiger partial charge in [0.25, 0.3) is 5.91 Å². The van der Waals surface area contributed by atoms with Gasteiger partial charge in [0.05, 0.1) is 11.6 Å². The van der Waals surface area contributed by atoms with E-state index in [4.69, 9.17) is 0 Å². The molecule has 1 saturated heterocycles. The number of benzene rings is 1. The quantitative estimate of drug-likeness (QED) is 0.228. The number of nitrogens with zero attached hydrogens (tertiary/aromatic N) is 6. The molecular weight excluding hydrogens is 612 g/mol. The van der Waals surface area contributed by atoms with E-state index in [0.29, 0.717) is 40.1 Å². The smallest absolute Gasteiger partial charge is 0.272 e. The van der Waals surface area contributed by atoms with Crippen molar-refractivity contribution in [2.24, 2.45) is 5.41 Å². The van der Waals surface area contributed by atoms with Crippen molar-refractivity contribution in [1.29, 1.82) is 0 Å². The normalized spacial score (nSPS) is 20.5. The van der Waals surface area contributed by atoms with Crippen molar-refractivity contribution in [3.05, 3.63) is 76.6 Å². The Kier molecular flexibility index (Phi) is 7.33. The number of halogens is 1. The van der Waals surface area contributed by atoms with E-state index in [0.717, 1.165) is 16.7 Å². The van der Waals surface area contributed by atoms with Crippen molar-refractivity contribution >= 4 is 50.4 Å². The van der Waals surface area contributed by atoms with Crippen LogP contribution in [0.5, 0.6) is 0 Å². The largest absolute Gasteiger partial charge is 0.351 e. The first-order chi connectivity index (χ1) is 20.6. The highest BCUT2D eigenvalue weighted by molar-refractivity contribution is 9.10. The molecule has 6 rings (SSSR count). The number of aromatic nitrogens is 5. The number of hydrogen-bond donors (Lipinski definition) is 2. The van der Waals surface area contributed by atoms with Crippen LogP contribution in [0.1, 0.15) is 42.1 Å². The number of nitrogens with one attached hydrogen (secondary N) is 2. The highest BCUT2D eigenvalue weighted by Crippen LogP contribution is 2.49. The van der Waals surface area contributed by atoms with E-state index in [9.17, 15) is 14.4 Å². The molecule has 3 atom stereocenters. The van der Waals surface area contributed by atoms with Gasteiger partial charge >= 0.3 is 0 Å². The van der Waals surface area contributed by atoms with Gasteiger partial charge in [0.15, 0.2) is 5.69 Å². The SMILES string of the molecule is CCNC(=O)c1nn(CC(=O)N2[C@H](C(=O)Nc3nc(Br)ccc3C)C[C@@]3(C)C=C[C@@H]23)c2ccc(-c3cnc(C)nc3)cc12. The van der Waals surface area contributed by atoms with E-state index in [2.05, 4.69) is 59.6 Å². The van der Waals surface area contributed by atoms with E-state index in [1.807, 2.05) is 57.2 Å². The zero-order chi connectivity index (χ0) is 30.5. The van der Waals surface area contributed by atoms with Crippen LogP contribution in [0.2, 0.25) is 0 Å². The number of rotatable bonds is 7. The molecule has 2 N–H and O–H groups in total. The Morgan fingerprint density at radius 2 is 1.86 bits per heavy atom. The van der Waals surface area contributed by atoms with Gasteiger partial charge in [-0.3, -0.25) is 19.1 Å². The molecule has 3 aromatic heterocycles. The third kappa shape index (κ3) is 5.20. The molecule has 1 aliphatic carbocycles. The second kappa shape index (κ2) is 11.0. The summed E-state index contributed by atoms with van der Waals surface area (Å²) >= 11 is 3.36. The first kappa shape index (κ1) is 28.7. The molecule has 4 heterocycles. The zero-order valence-electron chi connectivity index (χ0n) is 24.3. The van der Waals surface area contributed by atoms with Crippen molar-refractivity contribution in [1.82, 2.24) is 34.9 Å². The average molecular weight is 644 g/mol. The highest BCUT2D eigenvalue weighted by Gasteiger charge is 2.55. The second-order valence-electron chi connectivity index (χ2n) is 11.2. The molecule has 1 fully saturated rings. The summed E-state index contributed by atoms with van der Waals surface area (Å²) < 4.78 is 2.15. The van der Waals surface area contributed by atoms with E-state index in [-0.39, 0.29) is 41.4 Å². The predicted molar refractivity (Wildman–Crippen MR) is 165 cm³/mol. The number of anilines is 1. The fourth-order valence-corrected chi connectivity index (χ4v) is 6.15. The monoisotopic (exact) mass is 642 g/mol. The van der Waals surface area contributed by atoms with Crippen LogP contribution in [0.15, 0.2) is 59.5 Å². The van der Waals surface area contributed by atoms with Gasteiger partial charge in [0.2, 0.25) is 11.8 Å². The molecule has 4 aromatic rings. The predicted octanol–water partition coefficient (Wildman–Crippen LogP) is 4.20. The maximum absolute atomic E-state index is 14.0. The van der Waals surface area contributed by atoms with Gasteiger partial charge in [0, 0.05) is 35.3 Å². The summed E-state index contributed by atoms with van der Waals surface area (Å²) in [7, 11) is 0. The van der Waals surface area contributed by atoms with Crippen LogP contribution in [-0.4, -0.2) is 66.0 Å². The lowest BCUT2D eigenvalue weighted by molar-refractivity contribution is -0.139. The van der Waals surface area contributed by atoms with Gasteiger partial charge < -0.3 is 15.5 Å². The van der Waals surface area contributed by atoms with Crippen LogP contribution >= 0.6 is 15.9 Å². The molecular formula is C31H31BrN8O3. The molecule has 3 amide bonds. The number of likely N-dealkylation sites (tertiary alicyclic amines) is 1. The van der Waals surface area contributed by atoms with Crippen LogP contribution in [0.25, 0.3) is 22.0 Å². The fraction of sp³-hybridized carbons (Fsp3) is 0.323. The van der Waals surface area contributed by atoms with Crippen LogP contribution < -0.4 is 10.6 Å². The van der Waals surface area contributed by atoms with E-state index >= 15 is 0 Å². The molecule has 0 saturated carbocycles. The van der Waals surface area contributed by atoms with Crippen molar-refractivity contribution < 1.29 is 14.4 Å². The molecule has 11 nitrogen and oxygen atoms in total. The summed E-state index contributed by atoms with van der Waals surface area (Å²) in [5, 5.41) is 11.0. The maximum atomic E-state index is 14.0. The number of aryl methyl sites for hydroxylation is 2. The summed E-state index contributed by atoms with van der Waals surface area (Å²) in [5.74, 6) is 0.218. The molecule has 0 unspecified atom stereocenters. The van der Waals surface area contributed by atoms with Gasteiger partial charge in [-0.15, -0.1) is 0 Å². The first-order valence-corrected chi connectivity index (χ1v) is 14.9. The van der Waals surface area contributed by atoms with Crippen molar-refractivity contribution in [2.45, 2.75) is 52.7 Å². The van der Waals surface area contributed by atoms with Gasteiger partial charge in [-0.25, -0.2) is 15.0 Å². The third-order valence-corrected chi connectivity index (χ3v) is 8.64. The number of hydrogen-bond acceptors (Lipinski definition) is 7. The Bertz CT molecular complexity index is 1800. The third-order valence-electron chi connectivity index (χ3n) is 8.20. The average Bonchev–Trinajstić information content (AvgIpc) is 3.43. The van der Waals surface area contributed by atoms with Gasteiger partial charge in [0.1, 0.15) is 28.8 Å². The summed E-state index contributed by atoms with van der Waals surface area (Å²) in [6, 6.07) is 8.36. The maximum Gasteiger partial charge on any atom is 0.272 e. The van der Waals surface area contributed by atoms with E-state index in [1.165, 1.54) is 0 Å². The summed E-state index contributed by atoms with van der Waals surface area (Å²) in [6.07, 6.45) is 7.97. The molecule has 1 aliphatic heterocycles. The Hall–Kier alpha value is -4.45. The molecule has 0 spiro atoms. The van der Waals surface area contributed by atoms with Gasteiger partial charge in [-0.1, -0.05) is 31.2 Å². The van der Waals surface area contributed by atoms with E-state index < -0.39 is 6.04 Å². The van der Waals surface area contributed by atoms with Gasteiger partial charge in [-0.05, 0) is 72.4 Å². The first-order valence-electron chi connectivity index (χ1n) is 14.1. The highest BCUT2D eigenvalue weighted by atomic mass is 79.9. The Morgan fingerprint density at radius 3 is 2.56 bits per heavy atom. The van der Waals surface area contributed by atoms with Crippen LogP contribution in [-0.2, 0) is 16.1 Å². The molecule has 220 valence electrons. The number of carbonyl (C=O) groups is 3. The number of amides is 3. The van der Waals surface area contributed by atoms with Crippen molar-refractivity contribution in [3.8, 4) is 11.1 Å². The summed E-state index contributed by atoms with van der Waals surface area (Å²) in [5.41, 5.74) is 2.99. The lowest BCUT2D eigenvalue weighted by atomic mass is 9.73. The van der Waals surface area contributed by atoms with Crippen molar-refractivity contribution in [3.63, 3.8) is 0 Å². The Morgan fingerprint density at radius 1 is 1.09 bits per heavy atom. The summed E-state index contributed by atoms with van der Waals surface area (Å²) in [6.45, 7) is 7.87. The lowest BCUT2D eigenvalue weighted by Crippen LogP contribution is -2.50. The molecule has 0 radical (unpaired) electrons. The van der Waals surface area contributed by atoms with Crippen LogP contribution in [0.3, 0.4) is 0 Å². The minimum atomic E-state index is -0.699. The zero-order valence-corrected chi connectivity index (χ0v) is 25.8. The topological polar surface area (TPSA) is 135 Å². The molecule has 43 heavy (non-hydrogen) atoms. The molecule has 12 heteroatoms. The minimum absolute atomic E-state index is 0.138. The minimum Gasteiger partial charge on any atom is -0.351 e.